The highest BCUT2D eigenvalue weighted by atomic mass is 19.1. The third-order valence-electron chi connectivity index (χ3n) is 6.29. The Hall–Kier alpha value is -4.09. The molecule has 202 valence electrons. The number of fused-ring (bicyclic) bond motifs is 1. The summed E-state index contributed by atoms with van der Waals surface area (Å²) in [7, 11) is 0. The molecule has 1 amide bonds. The summed E-state index contributed by atoms with van der Waals surface area (Å²) in [5.74, 6) is -4.54. The number of carbonyl (C=O) groups excluding carboxylic acids is 1. The second-order valence-electron chi connectivity index (χ2n) is 10.2. The number of carbonyl (C=O) groups is 2. The van der Waals surface area contributed by atoms with Crippen LogP contribution in [0.2, 0.25) is 0 Å². The van der Waals surface area contributed by atoms with E-state index in [4.69, 9.17) is 4.74 Å². The first-order valence-corrected chi connectivity index (χ1v) is 11.9. The van der Waals surface area contributed by atoms with Gasteiger partial charge in [0.05, 0.1) is 11.1 Å². The fraction of sp³-hybridized carbons (Fsp3) is 0.385. The fourth-order valence-corrected chi connectivity index (χ4v) is 4.45. The van der Waals surface area contributed by atoms with E-state index >= 15 is 4.39 Å². The second kappa shape index (κ2) is 9.99. The summed E-state index contributed by atoms with van der Waals surface area (Å²) in [5.41, 5.74) is -2.83. The molecule has 3 aromatic rings. The Kier molecular flexibility index (Phi) is 7.09. The predicted octanol–water partition coefficient (Wildman–Crippen LogP) is 4.24. The normalized spacial score (nSPS) is 16.5. The summed E-state index contributed by atoms with van der Waals surface area (Å²) in [5, 5.41) is 11.9. The van der Waals surface area contributed by atoms with Crippen LogP contribution in [0, 0.1) is 23.4 Å². The fourth-order valence-electron chi connectivity index (χ4n) is 4.45. The summed E-state index contributed by atoms with van der Waals surface area (Å²) in [4.78, 5) is 42.6. The molecule has 12 heteroatoms. The van der Waals surface area contributed by atoms with E-state index < -0.39 is 46.1 Å². The molecule has 0 radical (unpaired) electrons. The number of anilines is 1. The molecular weight excluding hydrogens is 505 g/mol. The first-order valence-electron chi connectivity index (χ1n) is 11.9. The molecule has 38 heavy (non-hydrogen) atoms. The van der Waals surface area contributed by atoms with Gasteiger partial charge in [-0.05, 0) is 58.2 Å². The number of alkyl carbamates (subject to hydrolysis) is 1. The third-order valence-corrected chi connectivity index (χ3v) is 6.29. The SMILES string of the molecule is C[C@H](NC(=O)OC(C)(C)C)[C@@H]1CCN(c2nc3c(cc2F)c(=O)c(C(=O)O)cn3-c2ccc(F)cc2F)C1. The van der Waals surface area contributed by atoms with Gasteiger partial charge in [0.15, 0.2) is 17.3 Å². The number of aromatic nitrogens is 2. The number of benzene rings is 1. The van der Waals surface area contributed by atoms with Gasteiger partial charge in [-0.3, -0.25) is 9.36 Å². The van der Waals surface area contributed by atoms with Gasteiger partial charge in [0.1, 0.15) is 22.8 Å². The number of aromatic carboxylic acids is 1. The van der Waals surface area contributed by atoms with Crippen LogP contribution in [-0.2, 0) is 4.74 Å². The van der Waals surface area contributed by atoms with Crippen LogP contribution in [0.25, 0.3) is 16.7 Å². The average molecular weight is 533 g/mol. The zero-order valence-electron chi connectivity index (χ0n) is 21.2. The van der Waals surface area contributed by atoms with Gasteiger partial charge in [-0.1, -0.05) is 0 Å². The Balaban J connectivity index is 1.72. The zero-order chi connectivity index (χ0) is 27.9. The highest BCUT2D eigenvalue weighted by Gasteiger charge is 2.32. The highest BCUT2D eigenvalue weighted by Crippen LogP contribution is 2.29. The van der Waals surface area contributed by atoms with Crippen LogP contribution in [0.15, 0.2) is 35.3 Å². The van der Waals surface area contributed by atoms with E-state index in [0.717, 1.165) is 29.0 Å². The molecular formula is C26H27F3N4O5. The van der Waals surface area contributed by atoms with E-state index in [2.05, 4.69) is 10.3 Å². The summed E-state index contributed by atoms with van der Waals surface area (Å²) < 4.78 is 49.8. The van der Waals surface area contributed by atoms with E-state index in [9.17, 15) is 28.3 Å². The summed E-state index contributed by atoms with van der Waals surface area (Å²) >= 11 is 0. The quantitative estimate of drug-likeness (QED) is 0.505. The van der Waals surface area contributed by atoms with Crippen LogP contribution in [0.3, 0.4) is 0 Å². The van der Waals surface area contributed by atoms with Gasteiger partial charge < -0.3 is 20.1 Å². The van der Waals surface area contributed by atoms with Crippen molar-refractivity contribution in [2.45, 2.75) is 45.8 Å². The Morgan fingerprint density at radius 3 is 2.53 bits per heavy atom. The maximum atomic E-state index is 15.3. The number of halogens is 3. The van der Waals surface area contributed by atoms with Crippen LogP contribution in [0.1, 0.15) is 44.5 Å². The molecule has 4 rings (SSSR count). The van der Waals surface area contributed by atoms with E-state index in [1.165, 1.54) is 0 Å². The van der Waals surface area contributed by atoms with Crippen molar-refractivity contribution in [3.63, 3.8) is 0 Å². The first-order chi connectivity index (χ1) is 17.7. The number of hydrogen-bond donors (Lipinski definition) is 2. The molecule has 1 saturated heterocycles. The number of nitrogens with zero attached hydrogens (tertiary/aromatic N) is 3. The standard InChI is InChI=1S/C26H27F3N4O5/c1-13(30-25(37)38-26(2,3)4)14-7-8-32(11-14)23-19(29)10-16-21(34)17(24(35)36)12-33(22(16)31-23)20-6-5-15(27)9-18(20)28/h5-6,9-10,12-14H,7-8,11H2,1-4H3,(H,30,37)(H,35,36)/t13-,14+/m0/s1. The molecule has 1 aliphatic heterocycles. The number of nitrogens with one attached hydrogen (secondary N) is 1. The second-order valence-corrected chi connectivity index (χ2v) is 10.2. The summed E-state index contributed by atoms with van der Waals surface area (Å²) in [6.45, 7) is 7.75. The van der Waals surface area contributed by atoms with Crippen LogP contribution < -0.4 is 15.6 Å². The number of pyridine rings is 2. The van der Waals surface area contributed by atoms with Crippen LogP contribution in [0.5, 0.6) is 0 Å². The lowest BCUT2D eigenvalue weighted by molar-refractivity contribution is 0.0494. The maximum Gasteiger partial charge on any atom is 0.407 e. The summed E-state index contributed by atoms with van der Waals surface area (Å²) in [6, 6.07) is 3.22. The van der Waals surface area contributed by atoms with Crippen LogP contribution in [0.4, 0.5) is 23.8 Å². The van der Waals surface area contributed by atoms with E-state index in [1.807, 2.05) is 6.92 Å². The third kappa shape index (κ3) is 5.43. The smallest absolute Gasteiger partial charge is 0.407 e. The van der Waals surface area contributed by atoms with Crippen molar-refractivity contribution in [3.8, 4) is 5.69 Å². The number of hydrogen-bond acceptors (Lipinski definition) is 6. The monoisotopic (exact) mass is 532 g/mol. The van der Waals surface area contributed by atoms with E-state index in [1.54, 1.807) is 25.7 Å². The molecule has 0 saturated carbocycles. The van der Waals surface area contributed by atoms with Crippen molar-refractivity contribution in [2.75, 3.05) is 18.0 Å². The first kappa shape index (κ1) is 27.0. The highest BCUT2D eigenvalue weighted by molar-refractivity contribution is 5.92. The molecule has 0 aliphatic carbocycles. The number of ether oxygens (including phenoxy) is 1. The van der Waals surface area contributed by atoms with Crippen LogP contribution >= 0.6 is 0 Å². The van der Waals surface area contributed by atoms with E-state index in [-0.39, 0.29) is 34.5 Å². The van der Waals surface area contributed by atoms with Gasteiger partial charge >= 0.3 is 12.1 Å². The van der Waals surface area contributed by atoms with Gasteiger partial charge in [-0.25, -0.2) is 27.7 Å². The minimum absolute atomic E-state index is 0.0782. The Bertz CT molecular complexity index is 1480. The van der Waals surface area contributed by atoms with Crippen molar-refractivity contribution < 1.29 is 32.6 Å². The number of carboxylic acids is 1. The van der Waals surface area contributed by atoms with Gasteiger partial charge in [0.2, 0.25) is 5.43 Å². The Labute approximate surface area is 215 Å². The molecule has 0 unspecified atom stereocenters. The van der Waals surface area contributed by atoms with Gasteiger partial charge in [0.25, 0.3) is 0 Å². The van der Waals surface area contributed by atoms with E-state index in [0.29, 0.717) is 25.6 Å². The topological polar surface area (TPSA) is 114 Å². The van der Waals surface area contributed by atoms with Crippen LogP contribution in [-0.4, -0.2) is 51.5 Å². The van der Waals surface area contributed by atoms with Crippen molar-refractivity contribution in [1.29, 1.82) is 0 Å². The lowest BCUT2D eigenvalue weighted by Crippen LogP contribution is -2.42. The van der Waals surface area contributed by atoms with Crippen molar-refractivity contribution in [1.82, 2.24) is 14.9 Å². The zero-order valence-corrected chi connectivity index (χ0v) is 21.2. The minimum Gasteiger partial charge on any atom is -0.477 e. The average Bonchev–Trinajstić information content (AvgIpc) is 3.28. The number of amides is 1. The molecule has 3 heterocycles. The van der Waals surface area contributed by atoms with Crippen molar-refractivity contribution in [2.24, 2.45) is 5.92 Å². The van der Waals surface area contributed by atoms with Gasteiger partial charge in [0, 0.05) is 31.4 Å². The number of rotatable bonds is 5. The predicted molar refractivity (Wildman–Crippen MR) is 133 cm³/mol. The molecule has 2 atom stereocenters. The lowest BCUT2D eigenvalue weighted by atomic mass is 10.0. The molecule has 1 aliphatic rings. The minimum atomic E-state index is -1.59. The molecule has 1 aromatic carbocycles. The lowest BCUT2D eigenvalue weighted by Gasteiger charge is -2.25. The molecule has 1 fully saturated rings. The molecule has 2 N–H and O–H groups in total. The van der Waals surface area contributed by atoms with Crippen molar-refractivity contribution >= 4 is 28.9 Å². The molecule has 0 bridgehead atoms. The molecule has 0 spiro atoms. The van der Waals surface area contributed by atoms with Gasteiger partial charge in [-0.2, -0.15) is 0 Å². The number of carboxylic acid groups (broad SMARTS) is 1. The largest absolute Gasteiger partial charge is 0.477 e. The maximum absolute atomic E-state index is 15.3. The Morgan fingerprint density at radius 2 is 1.89 bits per heavy atom. The van der Waals surface area contributed by atoms with Gasteiger partial charge in [-0.15, -0.1) is 0 Å². The summed E-state index contributed by atoms with van der Waals surface area (Å²) in [6.07, 6.45) is 0.906. The molecule has 2 aromatic heterocycles. The van der Waals surface area contributed by atoms with Crippen molar-refractivity contribution in [3.05, 3.63) is 63.7 Å². The Morgan fingerprint density at radius 1 is 1.18 bits per heavy atom. The molecule has 9 nitrogen and oxygen atoms in total.